The molecule has 0 saturated carbocycles. The van der Waals surface area contributed by atoms with Gasteiger partial charge in [-0.2, -0.15) is 0 Å². The van der Waals surface area contributed by atoms with Gasteiger partial charge in [0, 0.05) is 11.6 Å². The number of benzene rings is 1. The van der Waals surface area contributed by atoms with Gasteiger partial charge >= 0.3 is 0 Å². The highest BCUT2D eigenvalue weighted by atomic mass is 79.9. The minimum absolute atomic E-state index is 0. The molecular formula is C8H9BrClF2N. The molecule has 0 saturated heterocycles. The molecule has 0 aliphatic carbocycles. The zero-order chi connectivity index (χ0) is 9.30. The van der Waals surface area contributed by atoms with Crippen LogP contribution in [0.3, 0.4) is 0 Å². The third-order valence-corrected chi connectivity index (χ3v) is 2.15. The van der Waals surface area contributed by atoms with Crippen LogP contribution in [-0.4, -0.2) is 0 Å². The van der Waals surface area contributed by atoms with Gasteiger partial charge in [0.05, 0.1) is 4.47 Å². The maximum absolute atomic E-state index is 13.1. The first-order valence-corrected chi connectivity index (χ1v) is 4.22. The van der Waals surface area contributed by atoms with Crippen molar-refractivity contribution in [2.45, 2.75) is 13.0 Å². The Bertz CT molecular complexity index is 304. The van der Waals surface area contributed by atoms with Gasteiger partial charge in [-0.15, -0.1) is 12.4 Å². The summed E-state index contributed by atoms with van der Waals surface area (Å²) >= 11 is 2.95. The Kier molecular flexibility index (Phi) is 4.81. The van der Waals surface area contributed by atoms with Crippen LogP contribution in [0.2, 0.25) is 0 Å². The van der Waals surface area contributed by atoms with Crippen molar-refractivity contribution in [3.63, 3.8) is 0 Å². The van der Waals surface area contributed by atoms with Crippen molar-refractivity contribution in [1.82, 2.24) is 0 Å². The lowest BCUT2D eigenvalue weighted by Gasteiger charge is -2.08. The highest BCUT2D eigenvalue weighted by molar-refractivity contribution is 9.10. The predicted octanol–water partition coefficient (Wildman–Crippen LogP) is 3.17. The topological polar surface area (TPSA) is 26.0 Å². The number of hydrogen-bond donors (Lipinski definition) is 1. The average molecular weight is 273 g/mol. The van der Waals surface area contributed by atoms with Crippen LogP contribution in [0.5, 0.6) is 0 Å². The van der Waals surface area contributed by atoms with Crippen LogP contribution in [0.1, 0.15) is 18.5 Å². The van der Waals surface area contributed by atoms with Crippen LogP contribution < -0.4 is 5.73 Å². The van der Waals surface area contributed by atoms with E-state index in [4.69, 9.17) is 5.73 Å². The predicted molar refractivity (Wildman–Crippen MR) is 53.9 cm³/mol. The molecule has 13 heavy (non-hydrogen) atoms. The normalized spacial score (nSPS) is 12.1. The van der Waals surface area contributed by atoms with Crippen LogP contribution in [0, 0.1) is 11.6 Å². The fourth-order valence-corrected chi connectivity index (χ4v) is 1.31. The van der Waals surface area contributed by atoms with E-state index in [0.717, 1.165) is 0 Å². The fraction of sp³-hybridized carbons (Fsp3) is 0.250. The number of rotatable bonds is 1. The van der Waals surface area contributed by atoms with Crippen LogP contribution in [0.4, 0.5) is 8.78 Å². The van der Waals surface area contributed by atoms with Gasteiger partial charge in [0.2, 0.25) is 0 Å². The SMILES string of the molecule is C[C@@H](N)c1c(F)ccc(Br)c1F.Cl. The lowest BCUT2D eigenvalue weighted by Crippen LogP contribution is -2.10. The van der Waals surface area contributed by atoms with Crippen molar-refractivity contribution < 1.29 is 8.78 Å². The summed E-state index contributed by atoms with van der Waals surface area (Å²) in [4.78, 5) is 0. The Morgan fingerprint density at radius 1 is 1.38 bits per heavy atom. The zero-order valence-electron chi connectivity index (χ0n) is 6.85. The molecule has 0 heterocycles. The highest BCUT2D eigenvalue weighted by Gasteiger charge is 2.14. The number of hydrogen-bond acceptors (Lipinski definition) is 1. The molecule has 0 aliphatic heterocycles. The molecule has 5 heteroatoms. The number of halogens is 4. The van der Waals surface area contributed by atoms with Crippen LogP contribution in [-0.2, 0) is 0 Å². The fourth-order valence-electron chi connectivity index (χ4n) is 0.960. The molecule has 0 aliphatic rings. The molecule has 0 radical (unpaired) electrons. The minimum Gasteiger partial charge on any atom is -0.324 e. The monoisotopic (exact) mass is 271 g/mol. The van der Waals surface area contributed by atoms with E-state index in [0.29, 0.717) is 0 Å². The lowest BCUT2D eigenvalue weighted by molar-refractivity contribution is 0.533. The summed E-state index contributed by atoms with van der Waals surface area (Å²) in [7, 11) is 0. The molecule has 0 spiro atoms. The van der Waals surface area contributed by atoms with Gasteiger partial charge in [0.25, 0.3) is 0 Å². The van der Waals surface area contributed by atoms with E-state index in [1.54, 1.807) is 0 Å². The summed E-state index contributed by atoms with van der Waals surface area (Å²) in [6, 6.07) is 1.87. The Morgan fingerprint density at radius 3 is 2.31 bits per heavy atom. The van der Waals surface area contributed by atoms with E-state index in [9.17, 15) is 8.78 Å². The molecule has 1 nitrogen and oxygen atoms in total. The Balaban J connectivity index is 0.00000144. The van der Waals surface area contributed by atoms with Gasteiger partial charge in [-0.3, -0.25) is 0 Å². The molecule has 0 aromatic heterocycles. The molecule has 2 N–H and O–H groups in total. The Labute approximate surface area is 89.9 Å². The third-order valence-electron chi connectivity index (χ3n) is 1.53. The molecule has 0 fully saturated rings. The van der Waals surface area contributed by atoms with Crippen molar-refractivity contribution >= 4 is 28.3 Å². The van der Waals surface area contributed by atoms with Gasteiger partial charge in [-0.25, -0.2) is 8.78 Å². The summed E-state index contributed by atoms with van der Waals surface area (Å²) in [5, 5.41) is 0. The first-order chi connectivity index (χ1) is 5.54. The maximum Gasteiger partial charge on any atom is 0.145 e. The second-order valence-corrected chi connectivity index (χ2v) is 3.40. The summed E-state index contributed by atoms with van der Waals surface area (Å²) < 4.78 is 26.3. The van der Waals surface area contributed by atoms with E-state index in [-0.39, 0.29) is 22.4 Å². The van der Waals surface area contributed by atoms with Crippen molar-refractivity contribution in [1.29, 1.82) is 0 Å². The first-order valence-electron chi connectivity index (χ1n) is 3.43. The first kappa shape index (κ1) is 12.8. The van der Waals surface area contributed by atoms with Gasteiger partial charge in [-0.1, -0.05) is 0 Å². The van der Waals surface area contributed by atoms with Gasteiger partial charge < -0.3 is 5.73 Å². The summed E-state index contributed by atoms with van der Waals surface area (Å²) in [5.74, 6) is -1.23. The summed E-state index contributed by atoms with van der Waals surface area (Å²) in [5.41, 5.74) is 5.30. The van der Waals surface area contributed by atoms with E-state index in [1.165, 1.54) is 19.1 Å². The van der Waals surface area contributed by atoms with Crippen molar-refractivity contribution in [3.8, 4) is 0 Å². The van der Waals surface area contributed by atoms with E-state index in [1.807, 2.05) is 0 Å². The van der Waals surface area contributed by atoms with Crippen molar-refractivity contribution in [2.75, 3.05) is 0 Å². The highest BCUT2D eigenvalue weighted by Crippen LogP contribution is 2.25. The number of nitrogens with two attached hydrogens (primary N) is 1. The average Bonchev–Trinajstić information content (AvgIpc) is 1.97. The van der Waals surface area contributed by atoms with Crippen LogP contribution >= 0.6 is 28.3 Å². The molecule has 74 valence electrons. The molecule has 0 bridgehead atoms. The van der Waals surface area contributed by atoms with Gasteiger partial charge in [-0.05, 0) is 35.0 Å². The van der Waals surface area contributed by atoms with E-state index in [2.05, 4.69) is 15.9 Å². The molecule has 1 aromatic carbocycles. The smallest absolute Gasteiger partial charge is 0.145 e. The molecular weight excluding hydrogens is 263 g/mol. The molecule has 1 aromatic rings. The molecule has 0 amide bonds. The zero-order valence-corrected chi connectivity index (χ0v) is 9.25. The largest absolute Gasteiger partial charge is 0.324 e. The van der Waals surface area contributed by atoms with Gasteiger partial charge in [0.1, 0.15) is 11.6 Å². The quantitative estimate of drug-likeness (QED) is 0.781. The maximum atomic E-state index is 13.1. The van der Waals surface area contributed by atoms with E-state index >= 15 is 0 Å². The van der Waals surface area contributed by atoms with Crippen LogP contribution in [0.15, 0.2) is 16.6 Å². The minimum atomic E-state index is -0.637. The Morgan fingerprint density at radius 2 is 1.92 bits per heavy atom. The van der Waals surface area contributed by atoms with Crippen molar-refractivity contribution in [2.24, 2.45) is 5.73 Å². The van der Waals surface area contributed by atoms with Crippen molar-refractivity contribution in [3.05, 3.63) is 33.8 Å². The van der Waals surface area contributed by atoms with Crippen LogP contribution in [0.25, 0.3) is 0 Å². The molecule has 1 rings (SSSR count). The van der Waals surface area contributed by atoms with Gasteiger partial charge in [0.15, 0.2) is 0 Å². The molecule has 1 atom stereocenters. The lowest BCUT2D eigenvalue weighted by atomic mass is 10.1. The second kappa shape index (κ2) is 4.88. The standard InChI is InChI=1S/C8H8BrF2N.ClH/c1-4(12)7-6(10)3-2-5(9)8(7)11;/h2-4H,12H2,1H3;1H/t4-;/m1./s1. The Hall–Kier alpha value is -0.190. The molecule has 0 unspecified atom stereocenters. The van der Waals surface area contributed by atoms with E-state index < -0.39 is 17.7 Å². The summed E-state index contributed by atoms with van der Waals surface area (Å²) in [6.45, 7) is 1.54. The third kappa shape index (κ3) is 2.62. The second-order valence-electron chi connectivity index (χ2n) is 2.55. The summed E-state index contributed by atoms with van der Waals surface area (Å²) in [6.07, 6.45) is 0.